The van der Waals surface area contributed by atoms with Crippen LogP contribution in [0.15, 0.2) is 34.9 Å². The van der Waals surface area contributed by atoms with Crippen LogP contribution in [0.5, 0.6) is 5.75 Å². The van der Waals surface area contributed by atoms with Crippen molar-refractivity contribution >= 4 is 21.6 Å². The molecule has 0 saturated carbocycles. The molecule has 0 N–H and O–H groups in total. The van der Waals surface area contributed by atoms with Crippen molar-refractivity contribution < 1.29 is 9.66 Å². The predicted molar refractivity (Wildman–Crippen MR) is 82.4 cm³/mol. The zero-order valence-electron chi connectivity index (χ0n) is 11.8. The fourth-order valence-electron chi connectivity index (χ4n) is 1.75. The lowest BCUT2D eigenvalue weighted by Gasteiger charge is -2.09. The van der Waals surface area contributed by atoms with Crippen molar-refractivity contribution in [2.24, 2.45) is 0 Å². The number of halogens is 1. The molecule has 0 amide bonds. The Hall–Kier alpha value is -1.89. The Kier molecular flexibility index (Phi) is 4.95. The maximum absolute atomic E-state index is 10.8. The number of hydrogen-bond acceptors (Lipinski definition) is 4. The SMILES string of the molecule is CCC(C)n1ccc(COc2cc([N+](=O)[O-])ccc2Br)n1. The van der Waals surface area contributed by atoms with Gasteiger partial charge in [0.15, 0.2) is 0 Å². The first-order chi connectivity index (χ1) is 10.0. The highest BCUT2D eigenvalue weighted by atomic mass is 79.9. The minimum Gasteiger partial charge on any atom is -0.486 e. The van der Waals surface area contributed by atoms with Gasteiger partial charge in [-0.15, -0.1) is 0 Å². The summed E-state index contributed by atoms with van der Waals surface area (Å²) < 4.78 is 8.18. The molecule has 1 atom stereocenters. The van der Waals surface area contributed by atoms with Gasteiger partial charge in [0.05, 0.1) is 21.2 Å². The summed E-state index contributed by atoms with van der Waals surface area (Å²) in [6, 6.07) is 6.65. The molecule has 0 spiro atoms. The summed E-state index contributed by atoms with van der Waals surface area (Å²) in [5.41, 5.74) is 0.784. The molecule has 1 aromatic heterocycles. The van der Waals surface area contributed by atoms with E-state index in [9.17, 15) is 10.1 Å². The van der Waals surface area contributed by atoms with Crippen LogP contribution >= 0.6 is 15.9 Å². The number of hydrogen-bond donors (Lipinski definition) is 0. The molecule has 0 radical (unpaired) electrons. The van der Waals surface area contributed by atoms with Crippen molar-refractivity contribution in [2.75, 3.05) is 0 Å². The summed E-state index contributed by atoms with van der Waals surface area (Å²) in [5.74, 6) is 0.433. The van der Waals surface area contributed by atoms with Gasteiger partial charge in [-0.1, -0.05) is 6.92 Å². The highest BCUT2D eigenvalue weighted by molar-refractivity contribution is 9.10. The molecule has 0 bridgehead atoms. The molecule has 1 aromatic carbocycles. The maximum Gasteiger partial charge on any atom is 0.273 e. The van der Waals surface area contributed by atoms with Gasteiger partial charge in [-0.3, -0.25) is 14.8 Å². The average Bonchev–Trinajstić information content (AvgIpc) is 2.94. The first-order valence-electron chi connectivity index (χ1n) is 6.62. The van der Waals surface area contributed by atoms with Gasteiger partial charge in [-0.05, 0) is 41.4 Å². The second-order valence-corrected chi connectivity index (χ2v) is 5.56. The van der Waals surface area contributed by atoms with Gasteiger partial charge in [-0.25, -0.2) is 0 Å². The van der Waals surface area contributed by atoms with Crippen LogP contribution < -0.4 is 4.74 Å². The molecule has 2 aromatic rings. The third kappa shape index (κ3) is 3.81. The van der Waals surface area contributed by atoms with Crippen molar-refractivity contribution in [1.82, 2.24) is 9.78 Å². The molecule has 21 heavy (non-hydrogen) atoms. The van der Waals surface area contributed by atoms with E-state index in [-0.39, 0.29) is 12.3 Å². The molecular formula is C14H16BrN3O3. The van der Waals surface area contributed by atoms with E-state index in [0.717, 1.165) is 12.1 Å². The smallest absolute Gasteiger partial charge is 0.273 e. The standard InChI is InChI=1S/C14H16BrN3O3/c1-3-10(2)17-7-6-11(16-17)9-21-14-8-12(18(19)20)4-5-13(14)15/h4-8,10H,3,9H2,1-2H3. The molecular weight excluding hydrogens is 338 g/mol. The van der Waals surface area contributed by atoms with Gasteiger partial charge in [0, 0.05) is 18.3 Å². The quantitative estimate of drug-likeness (QED) is 0.578. The van der Waals surface area contributed by atoms with E-state index >= 15 is 0 Å². The number of ether oxygens (including phenoxy) is 1. The Morgan fingerprint density at radius 3 is 2.90 bits per heavy atom. The van der Waals surface area contributed by atoms with E-state index in [1.54, 1.807) is 6.07 Å². The van der Waals surface area contributed by atoms with Crippen molar-refractivity contribution in [1.29, 1.82) is 0 Å². The third-order valence-corrected chi connectivity index (χ3v) is 3.86. The van der Waals surface area contributed by atoms with Gasteiger partial charge in [-0.2, -0.15) is 5.10 Å². The minimum atomic E-state index is -0.447. The van der Waals surface area contributed by atoms with Crippen LogP contribution in [0, 0.1) is 10.1 Å². The predicted octanol–water partition coefficient (Wildman–Crippen LogP) is 4.10. The van der Waals surface area contributed by atoms with Gasteiger partial charge < -0.3 is 4.74 Å². The number of aromatic nitrogens is 2. The summed E-state index contributed by atoms with van der Waals surface area (Å²) in [4.78, 5) is 10.3. The van der Waals surface area contributed by atoms with Gasteiger partial charge in [0.1, 0.15) is 12.4 Å². The molecule has 2 rings (SSSR count). The molecule has 112 valence electrons. The normalized spacial score (nSPS) is 12.1. The molecule has 7 heteroatoms. The van der Waals surface area contributed by atoms with E-state index in [1.807, 2.05) is 16.9 Å². The van der Waals surface area contributed by atoms with Crippen molar-refractivity contribution in [3.63, 3.8) is 0 Å². The Morgan fingerprint density at radius 2 is 2.24 bits per heavy atom. The topological polar surface area (TPSA) is 70.2 Å². The third-order valence-electron chi connectivity index (χ3n) is 3.21. The van der Waals surface area contributed by atoms with Gasteiger partial charge in [0.25, 0.3) is 5.69 Å². The van der Waals surface area contributed by atoms with E-state index in [0.29, 0.717) is 16.3 Å². The monoisotopic (exact) mass is 353 g/mol. The van der Waals surface area contributed by atoms with Crippen molar-refractivity contribution in [3.8, 4) is 5.75 Å². The largest absolute Gasteiger partial charge is 0.486 e. The number of benzene rings is 1. The lowest BCUT2D eigenvalue weighted by atomic mass is 10.3. The average molecular weight is 354 g/mol. The Balaban J connectivity index is 2.07. The molecule has 0 aliphatic carbocycles. The second kappa shape index (κ2) is 6.71. The molecule has 0 fully saturated rings. The van der Waals surface area contributed by atoms with Crippen LogP contribution in [0.1, 0.15) is 32.0 Å². The van der Waals surface area contributed by atoms with E-state index < -0.39 is 4.92 Å². The lowest BCUT2D eigenvalue weighted by molar-refractivity contribution is -0.385. The molecule has 0 aliphatic rings. The first kappa shape index (κ1) is 15.5. The highest BCUT2D eigenvalue weighted by Gasteiger charge is 2.11. The molecule has 1 unspecified atom stereocenters. The number of nitrogens with zero attached hydrogens (tertiary/aromatic N) is 3. The fourth-order valence-corrected chi connectivity index (χ4v) is 2.12. The van der Waals surface area contributed by atoms with Crippen LogP contribution in [0.2, 0.25) is 0 Å². The second-order valence-electron chi connectivity index (χ2n) is 4.70. The van der Waals surface area contributed by atoms with E-state index in [1.165, 1.54) is 12.1 Å². The van der Waals surface area contributed by atoms with Crippen LogP contribution in [-0.4, -0.2) is 14.7 Å². The number of nitro benzene ring substituents is 1. The summed E-state index contributed by atoms with van der Waals surface area (Å²) in [6.07, 6.45) is 2.91. The highest BCUT2D eigenvalue weighted by Crippen LogP contribution is 2.29. The van der Waals surface area contributed by atoms with Crippen LogP contribution in [0.4, 0.5) is 5.69 Å². The molecule has 0 aliphatic heterocycles. The van der Waals surface area contributed by atoms with Crippen LogP contribution in [-0.2, 0) is 6.61 Å². The lowest BCUT2D eigenvalue weighted by Crippen LogP contribution is -2.06. The van der Waals surface area contributed by atoms with E-state index in [4.69, 9.17) is 4.74 Å². The van der Waals surface area contributed by atoms with Crippen LogP contribution in [0.3, 0.4) is 0 Å². The Labute approximate surface area is 131 Å². The summed E-state index contributed by atoms with van der Waals surface area (Å²) in [5, 5.41) is 15.2. The van der Waals surface area contributed by atoms with Gasteiger partial charge >= 0.3 is 0 Å². The maximum atomic E-state index is 10.8. The molecule has 1 heterocycles. The summed E-state index contributed by atoms with van der Waals surface area (Å²) >= 11 is 3.32. The van der Waals surface area contributed by atoms with E-state index in [2.05, 4.69) is 34.9 Å². The zero-order valence-corrected chi connectivity index (χ0v) is 13.4. The number of non-ortho nitro benzene ring substituents is 1. The molecule has 6 nitrogen and oxygen atoms in total. The Morgan fingerprint density at radius 1 is 1.48 bits per heavy atom. The van der Waals surface area contributed by atoms with Crippen molar-refractivity contribution in [2.45, 2.75) is 32.9 Å². The van der Waals surface area contributed by atoms with Gasteiger partial charge in [0.2, 0.25) is 0 Å². The van der Waals surface area contributed by atoms with Crippen molar-refractivity contribution in [3.05, 3.63) is 50.7 Å². The zero-order chi connectivity index (χ0) is 15.4. The minimum absolute atomic E-state index is 0.00154. The number of nitro groups is 1. The summed E-state index contributed by atoms with van der Waals surface area (Å²) in [7, 11) is 0. The first-order valence-corrected chi connectivity index (χ1v) is 7.41. The Bertz CT molecular complexity index is 642. The molecule has 0 saturated heterocycles. The fraction of sp³-hybridized carbons (Fsp3) is 0.357. The van der Waals surface area contributed by atoms with Crippen LogP contribution in [0.25, 0.3) is 0 Å². The summed E-state index contributed by atoms with van der Waals surface area (Å²) in [6.45, 7) is 4.46. The number of rotatable bonds is 6.